The number of benzene rings is 3. The summed E-state index contributed by atoms with van der Waals surface area (Å²) in [6, 6.07) is 19.1. The van der Waals surface area contributed by atoms with Crippen LogP contribution in [-0.4, -0.2) is 53.9 Å². The first-order valence-corrected chi connectivity index (χ1v) is 13.7. The number of fused-ring (bicyclic) bond motifs is 4. The average Bonchev–Trinajstić information content (AvgIpc) is 2.96. The molecular formula is C32H33NO6. The van der Waals surface area contributed by atoms with Crippen LogP contribution in [0.3, 0.4) is 0 Å². The number of nitrogens with zero attached hydrogens (tertiary/aromatic N) is 1. The predicted octanol–water partition coefficient (Wildman–Crippen LogP) is 5.71. The van der Waals surface area contributed by atoms with Crippen molar-refractivity contribution in [3.8, 4) is 23.0 Å². The number of rotatable bonds is 8. The van der Waals surface area contributed by atoms with E-state index in [2.05, 4.69) is 4.90 Å². The minimum Gasteiger partial charge on any atom is -0.508 e. The quantitative estimate of drug-likeness (QED) is 0.388. The van der Waals surface area contributed by atoms with Crippen LogP contribution in [0.25, 0.3) is 11.1 Å². The molecule has 1 saturated heterocycles. The Hall–Kier alpha value is -3.97. The highest BCUT2D eigenvalue weighted by Gasteiger charge is 2.35. The molecule has 3 heterocycles. The first-order chi connectivity index (χ1) is 19.0. The van der Waals surface area contributed by atoms with Crippen molar-refractivity contribution >= 4 is 17.1 Å². The van der Waals surface area contributed by atoms with Crippen LogP contribution in [0.5, 0.6) is 23.0 Å². The van der Waals surface area contributed by atoms with E-state index in [1.54, 1.807) is 12.1 Å². The maximum absolute atomic E-state index is 11.1. The normalized spacial score (nSPS) is 18.3. The number of aliphatic carboxylic acids is 1. The Morgan fingerprint density at radius 1 is 0.949 bits per heavy atom. The smallest absolute Gasteiger partial charge is 0.303 e. The average molecular weight is 528 g/mol. The van der Waals surface area contributed by atoms with E-state index in [0.29, 0.717) is 25.4 Å². The second kappa shape index (κ2) is 11.0. The highest BCUT2D eigenvalue weighted by Crippen LogP contribution is 2.51. The van der Waals surface area contributed by atoms with Crippen molar-refractivity contribution < 1.29 is 29.2 Å². The van der Waals surface area contributed by atoms with Crippen molar-refractivity contribution in [1.82, 2.24) is 4.90 Å². The van der Waals surface area contributed by atoms with Gasteiger partial charge in [0, 0.05) is 41.3 Å². The van der Waals surface area contributed by atoms with Gasteiger partial charge < -0.3 is 24.4 Å². The molecule has 0 aromatic heterocycles. The number of likely N-dealkylation sites (tertiary alicyclic amines) is 1. The SMILES string of the molecule is O=C(O)CCc1ccc2c(c1)OCC1=C2C(c2ccc(OCCN3CCCCC3)cc2)Oc2cc(O)ccc21. The lowest BCUT2D eigenvalue weighted by atomic mass is 9.83. The molecule has 3 aliphatic rings. The first kappa shape index (κ1) is 25.3. The lowest BCUT2D eigenvalue weighted by Gasteiger charge is -2.35. The van der Waals surface area contributed by atoms with Gasteiger partial charge in [-0.25, -0.2) is 0 Å². The monoisotopic (exact) mass is 527 g/mol. The predicted molar refractivity (Wildman–Crippen MR) is 148 cm³/mol. The summed E-state index contributed by atoms with van der Waals surface area (Å²) < 4.78 is 18.8. The molecule has 1 fully saturated rings. The molecule has 3 aromatic rings. The van der Waals surface area contributed by atoms with Crippen molar-refractivity contribution in [1.29, 1.82) is 0 Å². The van der Waals surface area contributed by atoms with Gasteiger partial charge in [0.05, 0.1) is 0 Å². The van der Waals surface area contributed by atoms with Gasteiger partial charge in [0.2, 0.25) is 0 Å². The molecule has 6 rings (SSSR count). The Balaban J connectivity index is 1.28. The van der Waals surface area contributed by atoms with Crippen LogP contribution in [0, 0.1) is 0 Å². The molecule has 1 atom stereocenters. The van der Waals surface area contributed by atoms with Crippen molar-refractivity contribution in [3.63, 3.8) is 0 Å². The topological polar surface area (TPSA) is 88.5 Å². The van der Waals surface area contributed by atoms with Crippen molar-refractivity contribution in [2.24, 2.45) is 0 Å². The minimum atomic E-state index is -0.821. The summed E-state index contributed by atoms with van der Waals surface area (Å²) in [7, 11) is 0. The van der Waals surface area contributed by atoms with Crippen LogP contribution >= 0.6 is 0 Å². The van der Waals surface area contributed by atoms with E-state index in [-0.39, 0.29) is 12.2 Å². The first-order valence-electron chi connectivity index (χ1n) is 13.7. The van der Waals surface area contributed by atoms with Crippen LogP contribution in [0.2, 0.25) is 0 Å². The van der Waals surface area contributed by atoms with Crippen LogP contribution in [0.15, 0.2) is 60.7 Å². The molecule has 39 heavy (non-hydrogen) atoms. The molecule has 0 spiro atoms. The number of hydrogen-bond donors (Lipinski definition) is 2. The third-order valence-corrected chi connectivity index (χ3v) is 7.77. The number of carboxylic acids is 1. The Kier molecular flexibility index (Phi) is 7.16. The molecule has 0 radical (unpaired) electrons. The van der Waals surface area contributed by atoms with Crippen molar-refractivity contribution in [2.45, 2.75) is 38.2 Å². The molecule has 1 unspecified atom stereocenters. The fourth-order valence-electron chi connectivity index (χ4n) is 5.72. The minimum absolute atomic E-state index is 0.0712. The van der Waals surface area contributed by atoms with E-state index >= 15 is 0 Å². The molecule has 0 aliphatic carbocycles. The number of phenols is 1. The number of ether oxygens (including phenoxy) is 3. The molecule has 7 nitrogen and oxygen atoms in total. The van der Waals surface area contributed by atoms with E-state index < -0.39 is 12.1 Å². The van der Waals surface area contributed by atoms with Gasteiger partial charge in [-0.3, -0.25) is 9.69 Å². The third kappa shape index (κ3) is 5.45. The number of carbonyl (C=O) groups is 1. The molecule has 7 heteroatoms. The molecule has 0 amide bonds. The summed E-state index contributed by atoms with van der Waals surface area (Å²) in [6.07, 6.45) is 3.98. The highest BCUT2D eigenvalue weighted by molar-refractivity contribution is 5.99. The fourth-order valence-corrected chi connectivity index (χ4v) is 5.72. The molecule has 202 valence electrons. The van der Waals surface area contributed by atoms with Gasteiger partial charge in [-0.2, -0.15) is 0 Å². The Bertz CT molecular complexity index is 1390. The second-order valence-corrected chi connectivity index (χ2v) is 10.4. The van der Waals surface area contributed by atoms with E-state index in [4.69, 9.17) is 19.3 Å². The summed E-state index contributed by atoms with van der Waals surface area (Å²) >= 11 is 0. The van der Waals surface area contributed by atoms with Gasteiger partial charge in [0.1, 0.15) is 36.2 Å². The molecule has 0 saturated carbocycles. The number of hydrogen-bond acceptors (Lipinski definition) is 6. The number of aryl methyl sites for hydroxylation is 1. The van der Waals surface area contributed by atoms with E-state index in [1.807, 2.05) is 48.5 Å². The third-order valence-electron chi connectivity index (χ3n) is 7.77. The molecule has 3 aliphatic heterocycles. The Morgan fingerprint density at radius 3 is 2.54 bits per heavy atom. The molecule has 0 bridgehead atoms. The number of carboxylic acid groups (broad SMARTS) is 1. The molecule has 3 aromatic carbocycles. The van der Waals surface area contributed by atoms with E-state index in [0.717, 1.165) is 64.5 Å². The van der Waals surface area contributed by atoms with E-state index in [9.17, 15) is 9.90 Å². The van der Waals surface area contributed by atoms with E-state index in [1.165, 1.54) is 19.3 Å². The van der Waals surface area contributed by atoms with Crippen molar-refractivity contribution in [2.75, 3.05) is 32.8 Å². The van der Waals surface area contributed by atoms with Crippen LogP contribution in [0.4, 0.5) is 0 Å². The van der Waals surface area contributed by atoms with Crippen LogP contribution < -0.4 is 14.2 Å². The number of piperidine rings is 1. The van der Waals surface area contributed by atoms with Crippen molar-refractivity contribution in [3.05, 3.63) is 82.9 Å². The summed E-state index contributed by atoms with van der Waals surface area (Å²) in [6.45, 7) is 4.27. The highest BCUT2D eigenvalue weighted by atomic mass is 16.5. The van der Waals surface area contributed by atoms with Gasteiger partial charge in [0.25, 0.3) is 0 Å². The van der Waals surface area contributed by atoms with Gasteiger partial charge >= 0.3 is 5.97 Å². The maximum atomic E-state index is 11.1. The van der Waals surface area contributed by atoms with Gasteiger partial charge in [-0.1, -0.05) is 30.7 Å². The standard InChI is InChI=1S/C32H33NO6/c34-23-8-12-25-27-20-38-28-18-21(5-13-30(35)36)4-11-26(28)31(27)32(39-29(25)19-23)22-6-9-24(10-7-22)37-17-16-33-14-2-1-3-15-33/h4,6-12,18-19,32,34H,1-3,5,13-17,20H2,(H,35,36). The summed E-state index contributed by atoms with van der Waals surface area (Å²) in [5.41, 5.74) is 5.78. The molecule has 2 N–H and O–H groups in total. The van der Waals surface area contributed by atoms with Gasteiger partial charge in [-0.15, -0.1) is 0 Å². The Morgan fingerprint density at radius 2 is 1.74 bits per heavy atom. The zero-order valence-corrected chi connectivity index (χ0v) is 21.9. The number of phenolic OH excluding ortho intramolecular Hbond substituents is 1. The zero-order valence-electron chi connectivity index (χ0n) is 21.9. The lowest BCUT2D eigenvalue weighted by Crippen LogP contribution is -2.33. The number of aromatic hydroxyl groups is 1. The largest absolute Gasteiger partial charge is 0.508 e. The van der Waals surface area contributed by atoms with Crippen LogP contribution in [-0.2, 0) is 11.2 Å². The molecular weight excluding hydrogens is 494 g/mol. The summed E-state index contributed by atoms with van der Waals surface area (Å²) in [5.74, 6) is 1.50. The fraction of sp³-hybridized carbons (Fsp3) is 0.344. The summed E-state index contributed by atoms with van der Waals surface area (Å²) in [5, 5.41) is 19.2. The second-order valence-electron chi connectivity index (χ2n) is 10.4. The maximum Gasteiger partial charge on any atom is 0.303 e. The lowest BCUT2D eigenvalue weighted by molar-refractivity contribution is -0.136. The van der Waals surface area contributed by atoms with Crippen LogP contribution in [0.1, 0.15) is 54.0 Å². The van der Waals surface area contributed by atoms with Gasteiger partial charge in [0.15, 0.2) is 6.10 Å². The summed E-state index contributed by atoms with van der Waals surface area (Å²) in [4.78, 5) is 13.5. The van der Waals surface area contributed by atoms with Gasteiger partial charge in [-0.05, 0) is 73.8 Å². The zero-order chi connectivity index (χ0) is 26.8. The Labute approximate surface area is 228 Å².